The smallest absolute Gasteiger partial charge is 0.313 e. The number of carbonyl (C=O) groups is 1. The van der Waals surface area contributed by atoms with Crippen molar-refractivity contribution in [2.75, 3.05) is 13.1 Å². The zero-order valence-corrected chi connectivity index (χ0v) is 11.3. The molecule has 0 radical (unpaired) electrons. The van der Waals surface area contributed by atoms with Crippen molar-refractivity contribution in [1.82, 2.24) is 9.88 Å². The zero-order valence-electron chi connectivity index (χ0n) is 11.3. The van der Waals surface area contributed by atoms with E-state index in [4.69, 9.17) is 11.5 Å². The number of aliphatic imine (C=N–C) groups is 1. The number of guanidine groups is 1. The maximum Gasteiger partial charge on any atom is 0.313 e. The normalized spacial score (nSPS) is 16.8. The van der Waals surface area contributed by atoms with Gasteiger partial charge in [0.25, 0.3) is 0 Å². The van der Waals surface area contributed by atoms with Crippen LogP contribution in [0.15, 0.2) is 23.3 Å². The van der Waals surface area contributed by atoms with Crippen LogP contribution in [0, 0.1) is 16.0 Å². The van der Waals surface area contributed by atoms with Crippen LogP contribution in [0.1, 0.15) is 12.8 Å². The molecule has 1 fully saturated rings. The standard InChI is InChI=1S/C12H16N6O3/c13-10(19)8-3-6-17(7-4-8)12(14)16-11-9(18(20)21)2-1-5-15-11/h1-2,5,8H,3-4,6-7H2,(H2,13,19)(H2,14,15,16). The third-order valence-electron chi connectivity index (χ3n) is 3.40. The lowest BCUT2D eigenvalue weighted by atomic mass is 9.96. The average Bonchev–Trinajstić information content (AvgIpc) is 2.47. The van der Waals surface area contributed by atoms with Crippen LogP contribution in [0.25, 0.3) is 0 Å². The summed E-state index contributed by atoms with van der Waals surface area (Å²) >= 11 is 0. The van der Waals surface area contributed by atoms with Crippen LogP contribution in [-0.2, 0) is 4.79 Å². The Morgan fingerprint density at radius 3 is 2.67 bits per heavy atom. The van der Waals surface area contributed by atoms with Gasteiger partial charge in [-0.25, -0.2) is 4.98 Å². The Morgan fingerprint density at radius 1 is 1.43 bits per heavy atom. The van der Waals surface area contributed by atoms with Gasteiger partial charge in [-0.3, -0.25) is 14.9 Å². The van der Waals surface area contributed by atoms with Crippen molar-refractivity contribution in [3.8, 4) is 0 Å². The number of hydrogen-bond acceptors (Lipinski definition) is 5. The van der Waals surface area contributed by atoms with Gasteiger partial charge in [0.15, 0.2) is 5.96 Å². The van der Waals surface area contributed by atoms with Gasteiger partial charge in [0.2, 0.25) is 11.7 Å². The summed E-state index contributed by atoms with van der Waals surface area (Å²) in [5.74, 6) is -0.347. The first-order valence-corrected chi connectivity index (χ1v) is 6.47. The van der Waals surface area contributed by atoms with Gasteiger partial charge in [-0.05, 0) is 18.9 Å². The summed E-state index contributed by atoms with van der Waals surface area (Å²) in [6.45, 7) is 1.06. The molecule has 21 heavy (non-hydrogen) atoms. The van der Waals surface area contributed by atoms with Gasteiger partial charge in [0.05, 0.1) is 4.92 Å². The molecule has 1 aliphatic heterocycles. The second-order valence-electron chi connectivity index (χ2n) is 4.74. The van der Waals surface area contributed by atoms with Crippen molar-refractivity contribution < 1.29 is 9.72 Å². The minimum Gasteiger partial charge on any atom is -0.369 e. The monoisotopic (exact) mass is 292 g/mol. The van der Waals surface area contributed by atoms with E-state index in [1.54, 1.807) is 4.90 Å². The van der Waals surface area contributed by atoms with E-state index < -0.39 is 4.92 Å². The number of rotatable bonds is 3. The number of primary amides is 1. The average molecular weight is 292 g/mol. The first-order chi connectivity index (χ1) is 9.99. The van der Waals surface area contributed by atoms with Gasteiger partial charge >= 0.3 is 5.69 Å². The number of nitrogens with zero attached hydrogens (tertiary/aromatic N) is 4. The fraction of sp³-hybridized carbons (Fsp3) is 0.417. The molecule has 9 heteroatoms. The number of amides is 1. The number of piperidine rings is 1. The second kappa shape index (κ2) is 6.16. The summed E-state index contributed by atoms with van der Waals surface area (Å²) in [7, 11) is 0. The van der Waals surface area contributed by atoms with Crippen molar-refractivity contribution >= 4 is 23.4 Å². The van der Waals surface area contributed by atoms with Crippen molar-refractivity contribution in [3.05, 3.63) is 28.4 Å². The van der Waals surface area contributed by atoms with E-state index in [0.29, 0.717) is 25.9 Å². The molecule has 112 valence electrons. The molecule has 0 bridgehead atoms. The van der Waals surface area contributed by atoms with Crippen molar-refractivity contribution in [3.63, 3.8) is 0 Å². The third-order valence-corrected chi connectivity index (χ3v) is 3.40. The lowest BCUT2D eigenvalue weighted by Gasteiger charge is -2.31. The molecular formula is C12H16N6O3. The highest BCUT2D eigenvalue weighted by Crippen LogP contribution is 2.24. The van der Waals surface area contributed by atoms with Gasteiger partial charge < -0.3 is 16.4 Å². The van der Waals surface area contributed by atoms with Gasteiger partial charge in [0.1, 0.15) is 0 Å². The second-order valence-corrected chi connectivity index (χ2v) is 4.74. The Hall–Kier alpha value is -2.71. The van der Waals surface area contributed by atoms with E-state index in [0.717, 1.165) is 0 Å². The topological polar surface area (TPSA) is 141 Å². The zero-order chi connectivity index (χ0) is 15.4. The first-order valence-electron chi connectivity index (χ1n) is 6.47. The maximum absolute atomic E-state index is 11.1. The van der Waals surface area contributed by atoms with Crippen LogP contribution >= 0.6 is 0 Å². The lowest BCUT2D eigenvalue weighted by Crippen LogP contribution is -2.45. The molecule has 0 unspecified atom stereocenters. The van der Waals surface area contributed by atoms with Crippen LogP contribution < -0.4 is 11.5 Å². The molecule has 9 nitrogen and oxygen atoms in total. The molecular weight excluding hydrogens is 276 g/mol. The molecule has 1 aliphatic rings. The van der Waals surface area contributed by atoms with Crippen molar-refractivity contribution in [2.45, 2.75) is 12.8 Å². The molecule has 1 aromatic rings. The molecule has 2 rings (SSSR count). The third kappa shape index (κ3) is 3.44. The predicted octanol–water partition coefficient (Wildman–Crippen LogP) is 0.133. The summed E-state index contributed by atoms with van der Waals surface area (Å²) in [6, 6.07) is 2.78. The largest absolute Gasteiger partial charge is 0.369 e. The van der Waals surface area contributed by atoms with Gasteiger partial charge in [-0.1, -0.05) is 0 Å². The Labute approximate surface area is 120 Å². The Morgan fingerprint density at radius 2 is 2.10 bits per heavy atom. The van der Waals surface area contributed by atoms with E-state index in [2.05, 4.69) is 9.98 Å². The fourth-order valence-electron chi connectivity index (χ4n) is 2.19. The fourth-order valence-corrected chi connectivity index (χ4v) is 2.19. The molecule has 1 saturated heterocycles. The molecule has 2 heterocycles. The van der Waals surface area contributed by atoms with Gasteiger partial charge in [-0.15, -0.1) is 0 Å². The molecule has 0 aromatic carbocycles. The number of likely N-dealkylation sites (tertiary alicyclic amines) is 1. The van der Waals surface area contributed by atoms with E-state index >= 15 is 0 Å². The van der Waals surface area contributed by atoms with E-state index in [9.17, 15) is 14.9 Å². The summed E-state index contributed by atoms with van der Waals surface area (Å²) in [6.07, 6.45) is 2.60. The Balaban J connectivity index is 2.12. The van der Waals surface area contributed by atoms with Crippen LogP contribution in [0.2, 0.25) is 0 Å². The van der Waals surface area contributed by atoms with Gasteiger partial charge in [0, 0.05) is 31.3 Å². The molecule has 0 spiro atoms. The number of carbonyl (C=O) groups excluding carboxylic acids is 1. The SMILES string of the molecule is NC(=O)C1CCN(/C(N)=N/c2ncccc2[N+](=O)[O-])CC1. The summed E-state index contributed by atoms with van der Waals surface area (Å²) < 4.78 is 0. The Bertz CT molecular complexity index is 580. The van der Waals surface area contributed by atoms with Crippen LogP contribution in [0.3, 0.4) is 0 Å². The molecule has 0 saturated carbocycles. The number of pyridine rings is 1. The van der Waals surface area contributed by atoms with Crippen molar-refractivity contribution in [1.29, 1.82) is 0 Å². The van der Waals surface area contributed by atoms with Crippen LogP contribution in [0.4, 0.5) is 11.5 Å². The predicted molar refractivity (Wildman–Crippen MR) is 75.7 cm³/mol. The minimum absolute atomic E-state index is 0.0305. The minimum atomic E-state index is -0.557. The Kier molecular flexibility index (Phi) is 4.31. The molecule has 0 aliphatic carbocycles. The number of nitro groups is 1. The highest BCUT2D eigenvalue weighted by molar-refractivity contribution is 5.82. The highest BCUT2D eigenvalue weighted by atomic mass is 16.6. The number of nitrogens with two attached hydrogens (primary N) is 2. The summed E-state index contributed by atoms with van der Waals surface area (Å²) in [4.78, 5) is 31.1. The van der Waals surface area contributed by atoms with E-state index in [-0.39, 0.29) is 29.3 Å². The quantitative estimate of drug-likeness (QED) is 0.351. The first kappa shape index (κ1) is 14.7. The van der Waals surface area contributed by atoms with E-state index in [1.165, 1.54) is 18.3 Å². The molecule has 0 atom stereocenters. The number of aromatic nitrogens is 1. The lowest BCUT2D eigenvalue weighted by molar-refractivity contribution is -0.384. The molecule has 1 amide bonds. The summed E-state index contributed by atoms with van der Waals surface area (Å²) in [5, 5.41) is 10.9. The highest BCUT2D eigenvalue weighted by Gasteiger charge is 2.24. The van der Waals surface area contributed by atoms with Crippen LogP contribution in [-0.4, -0.2) is 39.8 Å². The van der Waals surface area contributed by atoms with Crippen molar-refractivity contribution in [2.24, 2.45) is 22.4 Å². The van der Waals surface area contributed by atoms with Crippen LogP contribution in [0.5, 0.6) is 0 Å². The number of hydrogen-bond donors (Lipinski definition) is 2. The van der Waals surface area contributed by atoms with Gasteiger partial charge in [-0.2, -0.15) is 4.99 Å². The maximum atomic E-state index is 11.1. The summed E-state index contributed by atoms with van der Waals surface area (Å²) in [5.41, 5.74) is 10.9. The molecule has 1 aromatic heterocycles. The molecule has 4 N–H and O–H groups in total. The van der Waals surface area contributed by atoms with E-state index in [1.807, 2.05) is 0 Å².